The van der Waals surface area contributed by atoms with Gasteiger partial charge < -0.3 is 0 Å². The molecule has 0 radical (unpaired) electrons. The minimum Gasteiger partial charge on any atom is -0.267 e. The Labute approximate surface area is 157 Å². The maximum atomic E-state index is 12.2. The summed E-state index contributed by atoms with van der Waals surface area (Å²) in [6.45, 7) is 4.68. The molecule has 132 valence electrons. The summed E-state index contributed by atoms with van der Waals surface area (Å²) < 4.78 is 1.95. The minimum atomic E-state index is -0.257. The summed E-state index contributed by atoms with van der Waals surface area (Å²) in [5.74, 6) is -0.257. The fourth-order valence-corrected chi connectivity index (χ4v) is 2.67. The van der Waals surface area contributed by atoms with E-state index in [1.165, 1.54) is 0 Å². The van der Waals surface area contributed by atoms with Gasteiger partial charge in [0.2, 0.25) is 0 Å². The summed E-state index contributed by atoms with van der Waals surface area (Å²) in [5, 5.41) is 9.08. The van der Waals surface area contributed by atoms with Gasteiger partial charge in [-0.2, -0.15) is 10.2 Å². The van der Waals surface area contributed by atoms with Gasteiger partial charge in [-0.1, -0.05) is 35.9 Å². The van der Waals surface area contributed by atoms with Crippen molar-refractivity contribution in [2.75, 3.05) is 0 Å². The van der Waals surface area contributed by atoms with Crippen LogP contribution in [0, 0.1) is 13.8 Å². The average Bonchev–Trinajstić information content (AvgIpc) is 2.94. The standard InChI is InChI=1S/C20H19ClN4O/c1-14-11-15(2)25(24-14)13-17-3-7-18(8-4-17)20(26)23-22-12-16-5-9-19(21)10-6-16/h3-12H,13H2,1-2H3,(H,23,26)/b22-12-. The third-order valence-electron chi connectivity index (χ3n) is 3.90. The number of carbonyl (C=O) groups excluding carboxylic acids is 1. The summed E-state index contributed by atoms with van der Waals surface area (Å²) >= 11 is 5.83. The molecule has 0 bridgehead atoms. The van der Waals surface area contributed by atoms with Crippen molar-refractivity contribution in [2.45, 2.75) is 20.4 Å². The van der Waals surface area contributed by atoms with Gasteiger partial charge in [-0.25, -0.2) is 5.43 Å². The number of rotatable bonds is 5. The number of hydrogen-bond acceptors (Lipinski definition) is 3. The van der Waals surface area contributed by atoms with Crippen LogP contribution in [0.1, 0.15) is 32.9 Å². The van der Waals surface area contributed by atoms with Crippen molar-refractivity contribution in [2.24, 2.45) is 5.10 Å². The summed E-state index contributed by atoms with van der Waals surface area (Å²) in [7, 11) is 0. The third kappa shape index (κ3) is 4.58. The highest BCUT2D eigenvalue weighted by Gasteiger charge is 2.06. The average molecular weight is 367 g/mol. The third-order valence-corrected chi connectivity index (χ3v) is 4.15. The van der Waals surface area contributed by atoms with E-state index in [0.29, 0.717) is 17.1 Å². The predicted octanol–water partition coefficient (Wildman–Crippen LogP) is 3.97. The number of carbonyl (C=O) groups is 1. The van der Waals surface area contributed by atoms with Crippen molar-refractivity contribution >= 4 is 23.7 Å². The lowest BCUT2D eigenvalue weighted by Crippen LogP contribution is -2.17. The lowest BCUT2D eigenvalue weighted by atomic mass is 10.1. The van der Waals surface area contributed by atoms with Crippen LogP contribution in [0.5, 0.6) is 0 Å². The molecule has 1 amide bonds. The van der Waals surface area contributed by atoms with E-state index in [-0.39, 0.29) is 5.91 Å². The molecule has 1 heterocycles. The summed E-state index contributed by atoms with van der Waals surface area (Å²) in [5.41, 5.74) is 7.12. The summed E-state index contributed by atoms with van der Waals surface area (Å²) in [6, 6.07) is 16.7. The van der Waals surface area contributed by atoms with E-state index in [9.17, 15) is 4.79 Å². The molecule has 0 saturated carbocycles. The van der Waals surface area contributed by atoms with Crippen LogP contribution in [0.2, 0.25) is 5.02 Å². The summed E-state index contributed by atoms with van der Waals surface area (Å²) in [4.78, 5) is 12.2. The molecule has 0 aliphatic carbocycles. The van der Waals surface area contributed by atoms with E-state index in [4.69, 9.17) is 11.6 Å². The molecule has 1 N–H and O–H groups in total. The van der Waals surface area contributed by atoms with E-state index in [1.807, 2.05) is 48.9 Å². The van der Waals surface area contributed by atoms with Crippen LogP contribution in [-0.2, 0) is 6.54 Å². The lowest BCUT2D eigenvalue weighted by Gasteiger charge is -2.06. The molecule has 0 fully saturated rings. The first-order chi connectivity index (χ1) is 12.5. The van der Waals surface area contributed by atoms with Crippen LogP contribution in [0.3, 0.4) is 0 Å². The Hall–Kier alpha value is -2.92. The zero-order valence-electron chi connectivity index (χ0n) is 14.6. The second kappa shape index (κ2) is 7.97. The van der Waals surface area contributed by atoms with E-state index in [2.05, 4.69) is 15.6 Å². The van der Waals surface area contributed by atoms with Crippen molar-refractivity contribution in [3.05, 3.63) is 87.7 Å². The van der Waals surface area contributed by atoms with Crippen molar-refractivity contribution < 1.29 is 4.79 Å². The van der Waals surface area contributed by atoms with Crippen LogP contribution in [0.4, 0.5) is 0 Å². The van der Waals surface area contributed by atoms with Crippen LogP contribution < -0.4 is 5.43 Å². The molecule has 0 saturated heterocycles. The molecule has 0 aliphatic rings. The first-order valence-electron chi connectivity index (χ1n) is 8.20. The molecular weight excluding hydrogens is 348 g/mol. The second-order valence-corrected chi connectivity index (χ2v) is 6.47. The van der Waals surface area contributed by atoms with Crippen molar-refractivity contribution in [1.29, 1.82) is 0 Å². The Balaban J connectivity index is 1.59. The fourth-order valence-electron chi connectivity index (χ4n) is 2.55. The number of aromatic nitrogens is 2. The van der Waals surface area contributed by atoms with E-state index in [0.717, 1.165) is 22.5 Å². The maximum Gasteiger partial charge on any atom is 0.271 e. The number of halogens is 1. The minimum absolute atomic E-state index is 0.257. The molecule has 0 aliphatic heterocycles. The number of nitrogens with zero attached hydrogens (tertiary/aromatic N) is 3. The quantitative estimate of drug-likeness (QED) is 0.548. The number of benzene rings is 2. The molecule has 1 aromatic heterocycles. The maximum absolute atomic E-state index is 12.2. The number of hydrazone groups is 1. The summed E-state index contributed by atoms with van der Waals surface area (Å²) in [6.07, 6.45) is 1.57. The SMILES string of the molecule is Cc1cc(C)n(Cc2ccc(C(=O)N/N=C\c3ccc(Cl)cc3)cc2)n1. The van der Waals surface area contributed by atoms with Gasteiger partial charge in [-0.3, -0.25) is 9.48 Å². The van der Waals surface area contributed by atoms with Gasteiger partial charge in [0.25, 0.3) is 5.91 Å². The van der Waals surface area contributed by atoms with Crippen LogP contribution in [-0.4, -0.2) is 21.9 Å². The van der Waals surface area contributed by atoms with Gasteiger partial charge in [-0.15, -0.1) is 0 Å². The Kier molecular flexibility index (Phi) is 5.49. The van der Waals surface area contributed by atoms with Crippen molar-refractivity contribution in [3.63, 3.8) is 0 Å². The van der Waals surface area contributed by atoms with Gasteiger partial charge in [0.1, 0.15) is 0 Å². The molecule has 2 aromatic carbocycles. The number of hydrogen-bond donors (Lipinski definition) is 1. The largest absolute Gasteiger partial charge is 0.271 e. The van der Waals surface area contributed by atoms with Crippen molar-refractivity contribution in [3.8, 4) is 0 Å². The Bertz CT molecular complexity index is 927. The highest BCUT2D eigenvalue weighted by atomic mass is 35.5. The van der Waals surface area contributed by atoms with E-state index in [1.54, 1.807) is 30.5 Å². The highest BCUT2D eigenvalue weighted by Crippen LogP contribution is 2.10. The van der Waals surface area contributed by atoms with Gasteiger partial charge >= 0.3 is 0 Å². The smallest absolute Gasteiger partial charge is 0.267 e. The normalized spacial score (nSPS) is 11.0. The fraction of sp³-hybridized carbons (Fsp3) is 0.150. The monoisotopic (exact) mass is 366 g/mol. The number of nitrogens with one attached hydrogen (secondary N) is 1. The van der Waals surface area contributed by atoms with Gasteiger partial charge in [0.15, 0.2) is 0 Å². The Morgan fingerprint density at radius 2 is 1.85 bits per heavy atom. The molecule has 0 spiro atoms. The lowest BCUT2D eigenvalue weighted by molar-refractivity contribution is 0.0955. The molecule has 3 rings (SSSR count). The molecule has 3 aromatic rings. The first-order valence-corrected chi connectivity index (χ1v) is 8.58. The van der Waals surface area contributed by atoms with Gasteiger partial charge in [0.05, 0.1) is 18.5 Å². The Morgan fingerprint density at radius 3 is 2.46 bits per heavy atom. The zero-order valence-corrected chi connectivity index (χ0v) is 15.4. The van der Waals surface area contributed by atoms with Gasteiger partial charge in [-0.05, 0) is 55.3 Å². The molecule has 0 unspecified atom stereocenters. The topological polar surface area (TPSA) is 59.3 Å². The molecule has 5 nitrogen and oxygen atoms in total. The number of aryl methyl sites for hydroxylation is 2. The molecular formula is C20H19ClN4O. The molecule has 6 heteroatoms. The van der Waals surface area contributed by atoms with E-state index < -0.39 is 0 Å². The predicted molar refractivity (Wildman–Crippen MR) is 104 cm³/mol. The first kappa shape index (κ1) is 17.9. The van der Waals surface area contributed by atoms with Crippen LogP contribution >= 0.6 is 11.6 Å². The molecule has 0 atom stereocenters. The number of amides is 1. The Morgan fingerprint density at radius 1 is 1.15 bits per heavy atom. The molecule has 26 heavy (non-hydrogen) atoms. The van der Waals surface area contributed by atoms with Gasteiger partial charge in [0, 0.05) is 16.3 Å². The van der Waals surface area contributed by atoms with Crippen LogP contribution in [0.15, 0.2) is 59.7 Å². The van der Waals surface area contributed by atoms with Crippen LogP contribution in [0.25, 0.3) is 0 Å². The van der Waals surface area contributed by atoms with E-state index >= 15 is 0 Å². The second-order valence-electron chi connectivity index (χ2n) is 6.03. The highest BCUT2D eigenvalue weighted by molar-refractivity contribution is 6.30. The zero-order chi connectivity index (χ0) is 18.5. The van der Waals surface area contributed by atoms with Crippen molar-refractivity contribution in [1.82, 2.24) is 15.2 Å².